The van der Waals surface area contributed by atoms with Crippen LogP contribution in [0.3, 0.4) is 0 Å². The molecule has 0 unspecified atom stereocenters. The van der Waals surface area contributed by atoms with Crippen LogP contribution < -0.4 is 10.1 Å². The molecule has 152 valence electrons. The van der Waals surface area contributed by atoms with Crippen LogP contribution in [0, 0.1) is 0 Å². The smallest absolute Gasteiger partial charge is 0.234 e. The van der Waals surface area contributed by atoms with E-state index in [9.17, 15) is 4.79 Å². The highest BCUT2D eigenvalue weighted by Crippen LogP contribution is 2.25. The van der Waals surface area contributed by atoms with E-state index in [1.807, 2.05) is 67.1 Å². The lowest BCUT2D eigenvalue weighted by Crippen LogP contribution is -2.14. The van der Waals surface area contributed by atoms with Crippen molar-refractivity contribution in [3.63, 3.8) is 0 Å². The molecule has 1 heterocycles. The Morgan fingerprint density at radius 3 is 2.41 bits per heavy atom. The summed E-state index contributed by atoms with van der Waals surface area (Å²) in [5.41, 5.74) is 3.00. The van der Waals surface area contributed by atoms with Crippen molar-refractivity contribution in [3.8, 4) is 17.1 Å². The van der Waals surface area contributed by atoms with E-state index in [0.717, 1.165) is 22.8 Å². The van der Waals surface area contributed by atoms with Gasteiger partial charge in [0.1, 0.15) is 5.75 Å². The van der Waals surface area contributed by atoms with E-state index >= 15 is 0 Å². The predicted octanol–water partition coefficient (Wildman–Crippen LogP) is 4.74. The fraction of sp³-hybridized carbons (Fsp3) is 0.318. The van der Waals surface area contributed by atoms with E-state index in [0.29, 0.717) is 17.7 Å². The highest BCUT2D eigenvalue weighted by molar-refractivity contribution is 7.99. The molecule has 29 heavy (non-hydrogen) atoms. The van der Waals surface area contributed by atoms with Gasteiger partial charge in [0.25, 0.3) is 0 Å². The molecule has 7 heteroatoms. The molecule has 0 saturated carbocycles. The molecule has 1 N–H and O–H groups in total. The normalized spacial score (nSPS) is 10.9. The molecule has 0 aliphatic carbocycles. The zero-order chi connectivity index (χ0) is 20.8. The lowest BCUT2D eigenvalue weighted by Gasteiger charge is -2.08. The van der Waals surface area contributed by atoms with Crippen LogP contribution in [-0.2, 0) is 11.8 Å². The van der Waals surface area contributed by atoms with Gasteiger partial charge in [0.15, 0.2) is 11.0 Å². The number of ether oxygens (including phenoxy) is 1. The molecule has 3 aromatic rings. The van der Waals surface area contributed by atoms with Crippen LogP contribution in [-0.4, -0.2) is 33.0 Å². The summed E-state index contributed by atoms with van der Waals surface area (Å²) in [5, 5.41) is 12.1. The maximum Gasteiger partial charge on any atom is 0.234 e. The molecule has 0 radical (unpaired) electrons. The van der Waals surface area contributed by atoms with Crippen LogP contribution >= 0.6 is 11.8 Å². The number of carbonyl (C=O) groups is 1. The standard InChI is InChI=1S/C22H26N4O2S/c1-5-28-19-12-8-17(9-13-19)21-24-25-22(26(21)4)29-14-20(27)23-18-10-6-16(7-11-18)15(2)3/h6-13,15H,5,14H2,1-4H3,(H,23,27). The molecular formula is C22H26N4O2S. The molecule has 0 spiro atoms. The summed E-state index contributed by atoms with van der Waals surface area (Å²) in [5.74, 6) is 2.24. The monoisotopic (exact) mass is 410 g/mol. The summed E-state index contributed by atoms with van der Waals surface area (Å²) in [6, 6.07) is 15.7. The van der Waals surface area contributed by atoms with E-state index in [2.05, 4.69) is 29.4 Å². The molecule has 3 rings (SSSR count). The molecule has 0 atom stereocenters. The van der Waals surface area contributed by atoms with Gasteiger partial charge in [0.05, 0.1) is 12.4 Å². The number of nitrogens with zero attached hydrogens (tertiary/aromatic N) is 3. The summed E-state index contributed by atoms with van der Waals surface area (Å²) < 4.78 is 7.37. The number of rotatable bonds is 8. The third-order valence-corrected chi connectivity index (χ3v) is 5.47. The van der Waals surface area contributed by atoms with Crippen LogP contribution in [0.5, 0.6) is 5.75 Å². The van der Waals surface area contributed by atoms with Crippen LogP contribution in [0.2, 0.25) is 0 Å². The molecule has 0 aliphatic rings. The fourth-order valence-electron chi connectivity index (χ4n) is 2.84. The van der Waals surface area contributed by atoms with Gasteiger partial charge in [0.2, 0.25) is 5.91 Å². The number of hydrogen-bond acceptors (Lipinski definition) is 5. The molecule has 6 nitrogen and oxygen atoms in total. The molecular weight excluding hydrogens is 384 g/mol. The van der Waals surface area contributed by atoms with Crippen LogP contribution in [0.25, 0.3) is 11.4 Å². The summed E-state index contributed by atoms with van der Waals surface area (Å²) in [6.07, 6.45) is 0. The van der Waals surface area contributed by atoms with Crippen LogP contribution in [0.1, 0.15) is 32.3 Å². The Balaban J connectivity index is 1.59. The Kier molecular flexibility index (Phi) is 6.93. The Morgan fingerprint density at radius 1 is 1.10 bits per heavy atom. The Labute approximate surface area is 175 Å². The van der Waals surface area contributed by atoms with E-state index in [4.69, 9.17) is 4.74 Å². The largest absolute Gasteiger partial charge is 0.494 e. The van der Waals surface area contributed by atoms with E-state index in [1.165, 1.54) is 17.3 Å². The van der Waals surface area contributed by atoms with Gasteiger partial charge in [-0.2, -0.15) is 0 Å². The molecule has 0 saturated heterocycles. The van der Waals surface area contributed by atoms with Crippen LogP contribution in [0.4, 0.5) is 5.69 Å². The van der Waals surface area contributed by atoms with Gasteiger partial charge in [-0.25, -0.2) is 0 Å². The van der Waals surface area contributed by atoms with Crippen molar-refractivity contribution in [2.24, 2.45) is 7.05 Å². The van der Waals surface area contributed by atoms with Crippen molar-refractivity contribution in [2.75, 3.05) is 17.7 Å². The molecule has 0 bridgehead atoms. The first-order valence-corrected chi connectivity index (χ1v) is 10.6. The second-order valence-electron chi connectivity index (χ2n) is 6.94. The molecule has 0 fully saturated rings. The first kappa shape index (κ1) is 20.9. The molecule has 0 aliphatic heterocycles. The summed E-state index contributed by atoms with van der Waals surface area (Å²) in [6.45, 7) is 6.88. The van der Waals surface area contributed by atoms with Gasteiger partial charge in [-0.15, -0.1) is 10.2 Å². The number of aromatic nitrogens is 3. The van der Waals surface area contributed by atoms with Gasteiger partial charge >= 0.3 is 0 Å². The average Bonchev–Trinajstić information content (AvgIpc) is 3.08. The van der Waals surface area contributed by atoms with Crippen molar-refractivity contribution in [2.45, 2.75) is 31.8 Å². The van der Waals surface area contributed by atoms with Crippen molar-refractivity contribution in [3.05, 3.63) is 54.1 Å². The Bertz CT molecular complexity index is 950. The minimum absolute atomic E-state index is 0.0714. The predicted molar refractivity (Wildman–Crippen MR) is 117 cm³/mol. The van der Waals surface area contributed by atoms with Gasteiger partial charge in [-0.3, -0.25) is 4.79 Å². The zero-order valence-electron chi connectivity index (χ0n) is 17.2. The van der Waals surface area contributed by atoms with Crippen molar-refractivity contribution < 1.29 is 9.53 Å². The minimum Gasteiger partial charge on any atom is -0.494 e. The van der Waals surface area contributed by atoms with Crippen molar-refractivity contribution >= 4 is 23.4 Å². The van der Waals surface area contributed by atoms with E-state index in [1.54, 1.807) is 0 Å². The van der Waals surface area contributed by atoms with Gasteiger partial charge in [-0.1, -0.05) is 37.7 Å². The number of anilines is 1. The lowest BCUT2D eigenvalue weighted by molar-refractivity contribution is -0.113. The highest BCUT2D eigenvalue weighted by atomic mass is 32.2. The number of benzene rings is 2. The molecule has 2 aromatic carbocycles. The first-order valence-electron chi connectivity index (χ1n) is 9.63. The maximum atomic E-state index is 12.3. The number of amides is 1. The maximum absolute atomic E-state index is 12.3. The quantitative estimate of drug-likeness (QED) is 0.544. The van der Waals surface area contributed by atoms with Crippen molar-refractivity contribution in [1.29, 1.82) is 0 Å². The number of hydrogen-bond donors (Lipinski definition) is 1. The summed E-state index contributed by atoms with van der Waals surface area (Å²) >= 11 is 1.36. The average molecular weight is 411 g/mol. The SMILES string of the molecule is CCOc1ccc(-c2nnc(SCC(=O)Nc3ccc(C(C)C)cc3)n2C)cc1. The highest BCUT2D eigenvalue weighted by Gasteiger charge is 2.13. The minimum atomic E-state index is -0.0714. The summed E-state index contributed by atoms with van der Waals surface area (Å²) in [7, 11) is 1.90. The van der Waals surface area contributed by atoms with Gasteiger partial charge in [0, 0.05) is 18.3 Å². The van der Waals surface area contributed by atoms with Gasteiger partial charge < -0.3 is 14.6 Å². The van der Waals surface area contributed by atoms with E-state index in [-0.39, 0.29) is 11.7 Å². The number of carbonyl (C=O) groups excluding carboxylic acids is 1. The first-order chi connectivity index (χ1) is 14.0. The number of nitrogens with one attached hydrogen (secondary N) is 1. The Hall–Kier alpha value is -2.80. The Morgan fingerprint density at radius 2 is 1.79 bits per heavy atom. The van der Waals surface area contributed by atoms with Gasteiger partial charge in [-0.05, 0) is 54.8 Å². The topological polar surface area (TPSA) is 69.0 Å². The lowest BCUT2D eigenvalue weighted by atomic mass is 10.0. The second kappa shape index (κ2) is 9.60. The van der Waals surface area contributed by atoms with Crippen molar-refractivity contribution in [1.82, 2.24) is 14.8 Å². The van der Waals surface area contributed by atoms with E-state index < -0.39 is 0 Å². The summed E-state index contributed by atoms with van der Waals surface area (Å²) in [4.78, 5) is 12.3. The molecule has 1 amide bonds. The zero-order valence-corrected chi connectivity index (χ0v) is 18.0. The third-order valence-electron chi connectivity index (χ3n) is 4.45. The molecule has 1 aromatic heterocycles. The fourth-order valence-corrected chi connectivity index (χ4v) is 3.55. The van der Waals surface area contributed by atoms with Crippen LogP contribution in [0.15, 0.2) is 53.7 Å². The number of thioether (sulfide) groups is 1. The third kappa shape index (κ3) is 5.38. The second-order valence-corrected chi connectivity index (χ2v) is 7.88.